The quantitative estimate of drug-likeness (QED) is 0.847. The second-order valence-electron chi connectivity index (χ2n) is 6.29. The van der Waals surface area contributed by atoms with Gasteiger partial charge in [0.25, 0.3) is 0 Å². The van der Waals surface area contributed by atoms with Crippen molar-refractivity contribution in [2.24, 2.45) is 0 Å². The summed E-state index contributed by atoms with van der Waals surface area (Å²) in [5, 5.41) is 3.79. The molecule has 20 heavy (non-hydrogen) atoms. The zero-order valence-corrected chi connectivity index (χ0v) is 12.8. The Hall–Kier alpha value is -0.860. The number of nitrogens with zero attached hydrogens (tertiary/aromatic N) is 1. The van der Waals surface area contributed by atoms with E-state index in [-0.39, 0.29) is 0 Å². The average molecular weight is 272 g/mol. The molecule has 0 amide bonds. The number of piperidine rings is 1. The standard InChI is InChI=1S/C18H28N2/c1-2-19-18-16-11-5-4-9-15(16)10-8-12-17(18)20-13-6-3-7-14-20/h4-5,9,11,17-19H,2-3,6-8,10,12-14H2,1H3. The van der Waals surface area contributed by atoms with E-state index >= 15 is 0 Å². The number of rotatable bonds is 3. The lowest BCUT2D eigenvalue weighted by Gasteiger charge is -2.39. The van der Waals surface area contributed by atoms with Gasteiger partial charge in [0.05, 0.1) is 0 Å². The molecule has 1 aromatic rings. The normalized spacial score (nSPS) is 27.9. The Kier molecular flexibility index (Phi) is 4.74. The maximum absolute atomic E-state index is 3.79. The molecule has 0 aromatic heterocycles. The maximum Gasteiger partial charge on any atom is 0.0480 e. The predicted octanol–water partition coefficient (Wildman–Crippen LogP) is 3.53. The third-order valence-corrected chi connectivity index (χ3v) is 5.00. The molecule has 1 heterocycles. The lowest BCUT2D eigenvalue weighted by Crippen LogP contribution is -2.46. The first-order valence-corrected chi connectivity index (χ1v) is 8.45. The SMILES string of the molecule is CCNC1c2ccccc2CCCC1N1CCCCC1. The highest BCUT2D eigenvalue weighted by molar-refractivity contribution is 5.32. The van der Waals surface area contributed by atoms with E-state index < -0.39 is 0 Å². The second kappa shape index (κ2) is 6.73. The Bertz CT molecular complexity index is 423. The van der Waals surface area contributed by atoms with Crippen LogP contribution in [0.3, 0.4) is 0 Å². The molecule has 1 aliphatic heterocycles. The molecular weight excluding hydrogens is 244 g/mol. The molecule has 1 saturated heterocycles. The molecule has 0 saturated carbocycles. The molecule has 1 N–H and O–H groups in total. The van der Waals surface area contributed by atoms with Gasteiger partial charge in [-0.25, -0.2) is 0 Å². The fourth-order valence-corrected chi connectivity index (χ4v) is 4.05. The Balaban J connectivity index is 1.88. The summed E-state index contributed by atoms with van der Waals surface area (Å²) in [7, 11) is 0. The molecule has 1 aromatic carbocycles. The van der Waals surface area contributed by atoms with Crippen molar-refractivity contribution in [2.45, 2.75) is 57.5 Å². The first-order valence-electron chi connectivity index (χ1n) is 8.45. The average Bonchev–Trinajstić information content (AvgIpc) is 2.69. The Morgan fingerprint density at radius 3 is 2.70 bits per heavy atom. The van der Waals surface area contributed by atoms with Crippen molar-refractivity contribution in [1.82, 2.24) is 10.2 Å². The molecule has 2 aliphatic rings. The summed E-state index contributed by atoms with van der Waals surface area (Å²) >= 11 is 0. The van der Waals surface area contributed by atoms with E-state index in [9.17, 15) is 0 Å². The van der Waals surface area contributed by atoms with Gasteiger partial charge < -0.3 is 5.32 Å². The summed E-state index contributed by atoms with van der Waals surface area (Å²) < 4.78 is 0. The van der Waals surface area contributed by atoms with Crippen LogP contribution in [0, 0.1) is 0 Å². The first-order chi connectivity index (χ1) is 9.90. The van der Waals surface area contributed by atoms with Gasteiger partial charge in [0.15, 0.2) is 0 Å². The summed E-state index contributed by atoms with van der Waals surface area (Å²) in [5.41, 5.74) is 3.13. The predicted molar refractivity (Wildman–Crippen MR) is 85.0 cm³/mol. The molecule has 0 bridgehead atoms. The van der Waals surface area contributed by atoms with Crippen LogP contribution in [0.5, 0.6) is 0 Å². The van der Waals surface area contributed by atoms with E-state index in [1.165, 1.54) is 51.6 Å². The van der Waals surface area contributed by atoms with Crippen molar-refractivity contribution in [3.63, 3.8) is 0 Å². The van der Waals surface area contributed by atoms with Crippen LogP contribution in [0.2, 0.25) is 0 Å². The largest absolute Gasteiger partial charge is 0.309 e. The molecule has 110 valence electrons. The minimum Gasteiger partial charge on any atom is -0.309 e. The van der Waals surface area contributed by atoms with Crippen LogP contribution in [0.15, 0.2) is 24.3 Å². The fourth-order valence-electron chi connectivity index (χ4n) is 4.05. The van der Waals surface area contributed by atoms with Crippen LogP contribution in [-0.2, 0) is 6.42 Å². The van der Waals surface area contributed by atoms with E-state index in [0.29, 0.717) is 12.1 Å². The van der Waals surface area contributed by atoms with E-state index in [4.69, 9.17) is 0 Å². The minimum atomic E-state index is 0.525. The molecule has 2 atom stereocenters. The number of likely N-dealkylation sites (tertiary alicyclic amines) is 1. The van der Waals surface area contributed by atoms with E-state index in [2.05, 4.69) is 41.4 Å². The first kappa shape index (κ1) is 14.1. The van der Waals surface area contributed by atoms with Crippen LogP contribution < -0.4 is 5.32 Å². The highest BCUT2D eigenvalue weighted by Crippen LogP contribution is 2.33. The van der Waals surface area contributed by atoms with Gasteiger partial charge in [0, 0.05) is 12.1 Å². The molecule has 2 unspecified atom stereocenters. The van der Waals surface area contributed by atoms with Gasteiger partial charge in [0.1, 0.15) is 0 Å². The highest BCUT2D eigenvalue weighted by atomic mass is 15.2. The number of fused-ring (bicyclic) bond motifs is 1. The summed E-state index contributed by atoms with van der Waals surface area (Å²) in [6, 6.07) is 10.3. The smallest absolute Gasteiger partial charge is 0.0480 e. The van der Waals surface area contributed by atoms with Gasteiger partial charge in [0.2, 0.25) is 0 Å². The van der Waals surface area contributed by atoms with Crippen LogP contribution in [0.1, 0.15) is 56.2 Å². The van der Waals surface area contributed by atoms with Gasteiger partial charge in [-0.3, -0.25) is 4.90 Å². The molecule has 3 rings (SSSR count). The van der Waals surface area contributed by atoms with Gasteiger partial charge in [-0.05, 0) is 62.9 Å². The van der Waals surface area contributed by atoms with Gasteiger partial charge in [-0.15, -0.1) is 0 Å². The van der Waals surface area contributed by atoms with Gasteiger partial charge in [-0.2, -0.15) is 0 Å². The number of nitrogens with one attached hydrogen (secondary N) is 1. The Morgan fingerprint density at radius 2 is 1.90 bits per heavy atom. The number of likely N-dealkylation sites (N-methyl/N-ethyl adjacent to an activating group) is 1. The van der Waals surface area contributed by atoms with Crippen LogP contribution >= 0.6 is 0 Å². The summed E-state index contributed by atoms with van der Waals surface area (Å²) in [5.74, 6) is 0. The zero-order chi connectivity index (χ0) is 13.8. The molecular formula is C18H28N2. The fraction of sp³-hybridized carbons (Fsp3) is 0.667. The minimum absolute atomic E-state index is 0.525. The lowest BCUT2D eigenvalue weighted by atomic mass is 9.93. The number of hydrogen-bond donors (Lipinski definition) is 1. The maximum atomic E-state index is 3.79. The third kappa shape index (κ3) is 2.91. The van der Waals surface area contributed by atoms with Crippen molar-refractivity contribution in [2.75, 3.05) is 19.6 Å². The number of aryl methyl sites for hydroxylation is 1. The van der Waals surface area contributed by atoms with Crippen molar-refractivity contribution >= 4 is 0 Å². The zero-order valence-electron chi connectivity index (χ0n) is 12.8. The van der Waals surface area contributed by atoms with Crippen LogP contribution in [0.4, 0.5) is 0 Å². The van der Waals surface area contributed by atoms with E-state index in [1.54, 1.807) is 11.1 Å². The van der Waals surface area contributed by atoms with E-state index in [0.717, 1.165) is 6.54 Å². The number of benzene rings is 1. The van der Waals surface area contributed by atoms with E-state index in [1.807, 2.05) is 0 Å². The Labute approximate surface area is 123 Å². The van der Waals surface area contributed by atoms with Crippen molar-refractivity contribution in [3.05, 3.63) is 35.4 Å². The third-order valence-electron chi connectivity index (χ3n) is 5.00. The Morgan fingerprint density at radius 1 is 1.10 bits per heavy atom. The topological polar surface area (TPSA) is 15.3 Å². The molecule has 1 fully saturated rings. The van der Waals surface area contributed by atoms with Crippen LogP contribution in [-0.4, -0.2) is 30.6 Å². The van der Waals surface area contributed by atoms with Gasteiger partial charge >= 0.3 is 0 Å². The molecule has 1 aliphatic carbocycles. The van der Waals surface area contributed by atoms with Gasteiger partial charge in [-0.1, -0.05) is 37.6 Å². The van der Waals surface area contributed by atoms with Crippen molar-refractivity contribution in [1.29, 1.82) is 0 Å². The molecule has 2 heteroatoms. The summed E-state index contributed by atoms with van der Waals surface area (Å²) in [4.78, 5) is 2.76. The lowest BCUT2D eigenvalue weighted by molar-refractivity contribution is 0.124. The molecule has 2 nitrogen and oxygen atoms in total. The van der Waals surface area contributed by atoms with Crippen molar-refractivity contribution in [3.8, 4) is 0 Å². The molecule has 0 radical (unpaired) electrons. The molecule has 0 spiro atoms. The number of hydrogen-bond acceptors (Lipinski definition) is 2. The second-order valence-corrected chi connectivity index (χ2v) is 6.29. The monoisotopic (exact) mass is 272 g/mol. The van der Waals surface area contributed by atoms with Crippen LogP contribution in [0.25, 0.3) is 0 Å². The highest BCUT2D eigenvalue weighted by Gasteiger charge is 2.31. The summed E-state index contributed by atoms with van der Waals surface area (Å²) in [6.45, 7) is 5.90. The van der Waals surface area contributed by atoms with Crippen molar-refractivity contribution < 1.29 is 0 Å². The summed E-state index contributed by atoms with van der Waals surface area (Å²) in [6.07, 6.45) is 8.12.